The summed E-state index contributed by atoms with van der Waals surface area (Å²) in [7, 11) is 0. The second-order valence-electron chi connectivity index (χ2n) is 6.74. The second kappa shape index (κ2) is 8.88. The molecule has 2 aromatic rings. The molecule has 0 spiro atoms. The molecule has 1 aromatic heterocycles. The summed E-state index contributed by atoms with van der Waals surface area (Å²) in [6.07, 6.45) is 1.66. The molecular weight excluding hydrogens is 447 g/mol. The third-order valence-electron chi connectivity index (χ3n) is 4.75. The minimum absolute atomic E-state index is 0.175. The van der Waals surface area contributed by atoms with Crippen molar-refractivity contribution in [2.24, 2.45) is 0 Å². The first-order chi connectivity index (χ1) is 14.1. The average Bonchev–Trinajstić information content (AvgIpc) is 3.10. The van der Waals surface area contributed by atoms with Crippen molar-refractivity contribution in [2.75, 3.05) is 6.61 Å². The molecule has 0 N–H and O–H groups in total. The zero-order valence-electron chi connectivity index (χ0n) is 16.9. The van der Waals surface area contributed by atoms with Gasteiger partial charge >= 0.3 is 5.97 Å². The van der Waals surface area contributed by atoms with E-state index in [0.29, 0.717) is 10.0 Å². The van der Waals surface area contributed by atoms with Crippen molar-refractivity contribution in [3.8, 4) is 5.69 Å². The SMILES string of the molecule is CCOC(=O)[C@H](C)N1C(=O)S/C(=C/c2cc(C)n(-c3ccc(Cl)cc3Cl)c2C)C1=O. The molecular formula is C21H20Cl2N2O4S. The van der Waals surface area contributed by atoms with Crippen LogP contribution in [0, 0.1) is 13.8 Å². The number of carbonyl (C=O) groups excluding carboxylic acids is 3. The van der Waals surface area contributed by atoms with Crippen molar-refractivity contribution in [1.82, 2.24) is 9.47 Å². The van der Waals surface area contributed by atoms with Gasteiger partial charge < -0.3 is 9.30 Å². The van der Waals surface area contributed by atoms with Crippen LogP contribution >= 0.6 is 35.0 Å². The smallest absolute Gasteiger partial charge is 0.329 e. The molecule has 9 heteroatoms. The molecule has 158 valence electrons. The summed E-state index contributed by atoms with van der Waals surface area (Å²) in [4.78, 5) is 38.3. The molecule has 6 nitrogen and oxygen atoms in total. The molecule has 0 radical (unpaired) electrons. The molecule has 3 rings (SSSR count). The average molecular weight is 467 g/mol. The van der Waals surface area contributed by atoms with Gasteiger partial charge in [0, 0.05) is 16.4 Å². The van der Waals surface area contributed by atoms with Crippen LogP contribution in [-0.4, -0.2) is 39.2 Å². The molecule has 0 unspecified atom stereocenters. The summed E-state index contributed by atoms with van der Waals surface area (Å²) in [5, 5.41) is 0.539. The highest BCUT2D eigenvalue weighted by atomic mass is 35.5. The van der Waals surface area contributed by atoms with E-state index in [2.05, 4.69) is 0 Å². The van der Waals surface area contributed by atoms with Crippen LogP contribution in [0.25, 0.3) is 11.8 Å². The number of imide groups is 1. The number of halogens is 2. The van der Waals surface area contributed by atoms with Gasteiger partial charge in [-0.2, -0.15) is 0 Å². The number of nitrogens with zero attached hydrogens (tertiary/aromatic N) is 2. The minimum atomic E-state index is -0.983. The van der Waals surface area contributed by atoms with E-state index in [1.807, 2.05) is 30.5 Å². The fourth-order valence-electron chi connectivity index (χ4n) is 3.29. The quantitative estimate of drug-likeness (QED) is 0.436. The standard InChI is InChI=1S/C21H20Cl2N2O4S/c1-5-29-20(27)13(4)25-19(26)18(30-21(25)28)9-14-8-11(2)24(12(14)3)17-7-6-15(22)10-16(17)23/h6-10,13H,5H2,1-4H3/b18-9+/t13-/m0/s1. The fraction of sp³-hybridized carbons (Fsp3) is 0.286. The molecule has 0 bridgehead atoms. The predicted molar refractivity (Wildman–Crippen MR) is 119 cm³/mol. The molecule has 1 saturated heterocycles. The largest absolute Gasteiger partial charge is 0.464 e. The fourth-order valence-corrected chi connectivity index (χ4v) is 4.68. The number of ether oxygens (including phenoxy) is 1. The Labute approximate surface area is 188 Å². The molecule has 0 saturated carbocycles. The number of esters is 1. The van der Waals surface area contributed by atoms with Crippen LogP contribution < -0.4 is 0 Å². The maximum atomic E-state index is 12.8. The number of aromatic nitrogens is 1. The van der Waals surface area contributed by atoms with Gasteiger partial charge in [0.25, 0.3) is 11.1 Å². The Balaban J connectivity index is 1.96. The van der Waals surface area contributed by atoms with Crippen LogP contribution in [0.1, 0.15) is 30.8 Å². The lowest BCUT2D eigenvalue weighted by atomic mass is 10.2. The summed E-state index contributed by atoms with van der Waals surface area (Å²) in [6.45, 7) is 7.14. The van der Waals surface area contributed by atoms with E-state index in [9.17, 15) is 14.4 Å². The van der Waals surface area contributed by atoms with Gasteiger partial charge in [-0.3, -0.25) is 14.5 Å². The normalized spacial score (nSPS) is 16.5. The number of hydrogen-bond donors (Lipinski definition) is 0. The Morgan fingerprint density at radius 3 is 2.57 bits per heavy atom. The molecule has 30 heavy (non-hydrogen) atoms. The van der Waals surface area contributed by atoms with Crippen LogP contribution in [0.5, 0.6) is 0 Å². The number of thioether (sulfide) groups is 1. The van der Waals surface area contributed by atoms with Gasteiger partial charge in [0.05, 0.1) is 22.2 Å². The Bertz CT molecular complexity index is 1080. The summed E-state index contributed by atoms with van der Waals surface area (Å²) in [5.41, 5.74) is 3.29. The van der Waals surface area contributed by atoms with E-state index in [4.69, 9.17) is 27.9 Å². The lowest BCUT2D eigenvalue weighted by Gasteiger charge is -2.19. The third kappa shape index (κ3) is 4.15. The van der Waals surface area contributed by atoms with Crippen LogP contribution in [0.4, 0.5) is 4.79 Å². The first-order valence-electron chi connectivity index (χ1n) is 9.23. The zero-order chi connectivity index (χ0) is 22.2. The van der Waals surface area contributed by atoms with Gasteiger partial charge in [0.2, 0.25) is 0 Å². The monoisotopic (exact) mass is 466 g/mol. The molecule has 1 fully saturated rings. The van der Waals surface area contributed by atoms with Crippen molar-refractivity contribution in [3.63, 3.8) is 0 Å². The lowest BCUT2D eigenvalue weighted by molar-refractivity contribution is -0.150. The second-order valence-corrected chi connectivity index (χ2v) is 8.57. The van der Waals surface area contributed by atoms with E-state index in [0.717, 1.165) is 39.3 Å². The van der Waals surface area contributed by atoms with Gasteiger partial charge in [-0.15, -0.1) is 0 Å². The zero-order valence-corrected chi connectivity index (χ0v) is 19.2. The Hall–Kier alpha value is -2.22. The van der Waals surface area contributed by atoms with Gasteiger partial charge in [-0.1, -0.05) is 23.2 Å². The number of benzene rings is 1. The molecule has 1 aliphatic rings. The Morgan fingerprint density at radius 2 is 1.93 bits per heavy atom. The molecule has 1 aliphatic heterocycles. The van der Waals surface area contributed by atoms with Crippen molar-refractivity contribution < 1.29 is 19.1 Å². The minimum Gasteiger partial charge on any atom is -0.464 e. The Kier molecular flexibility index (Phi) is 6.65. The molecule has 1 aromatic carbocycles. The first-order valence-corrected chi connectivity index (χ1v) is 10.8. The number of hydrogen-bond acceptors (Lipinski definition) is 5. The highest BCUT2D eigenvalue weighted by Crippen LogP contribution is 2.36. The van der Waals surface area contributed by atoms with E-state index in [-0.39, 0.29) is 11.5 Å². The Morgan fingerprint density at radius 1 is 1.23 bits per heavy atom. The van der Waals surface area contributed by atoms with Gasteiger partial charge in [-0.05, 0) is 75.4 Å². The van der Waals surface area contributed by atoms with Gasteiger partial charge in [0.1, 0.15) is 6.04 Å². The lowest BCUT2D eigenvalue weighted by Crippen LogP contribution is -2.42. The number of aryl methyl sites for hydroxylation is 1. The highest BCUT2D eigenvalue weighted by molar-refractivity contribution is 8.18. The van der Waals surface area contributed by atoms with E-state index >= 15 is 0 Å². The van der Waals surface area contributed by atoms with Crippen molar-refractivity contribution >= 4 is 58.2 Å². The predicted octanol–water partition coefficient (Wildman–Crippen LogP) is 5.39. The molecule has 2 amide bonds. The third-order valence-corrected chi connectivity index (χ3v) is 6.17. The van der Waals surface area contributed by atoms with E-state index in [1.54, 1.807) is 25.1 Å². The van der Waals surface area contributed by atoms with Crippen LogP contribution in [0.2, 0.25) is 10.0 Å². The molecule has 0 aliphatic carbocycles. The van der Waals surface area contributed by atoms with Crippen LogP contribution in [-0.2, 0) is 14.3 Å². The van der Waals surface area contributed by atoms with Crippen molar-refractivity contribution in [3.05, 3.63) is 56.2 Å². The summed E-state index contributed by atoms with van der Waals surface area (Å²) in [6, 6.07) is 6.17. The number of rotatable bonds is 5. The summed E-state index contributed by atoms with van der Waals surface area (Å²) in [5.74, 6) is -1.13. The maximum Gasteiger partial charge on any atom is 0.329 e. The highest BCUT2D eigenvalue weighted by Gasteiger charge is 2.41. The van der Waals surface area contributed by atoms with Gasteiger partial charge in [-0.25, -0.2) is 4.79 Å². The van der Waals surface area contributed by atoms with Crippen LogP contribution in [0.15, 0.2) is 29.2 Å². The van der Waals surface area contributed by atoms with Gasteiger partial charge in [0.15, 0.2) is 0 Å². The first kappa shape index (κ1) is 22.5. The molecule has 2 heterocycles. The summed E-state index contributed by atoms with van der Waals surface area (Å²) < 4.78 is 6.89. The topological polar surface area (TPSA) is 68.6 Å². The van der Waals surface area contributed by atoms with E-state index < -0.39 is 23.2 Å². The summed E-state index contributed by atoms with van der Waals surface area (Å²) >= 11 is 13.2. The van der Waals surface area contributed by atoms with Crippen molar-refractivity contribution in [1.29, 1.82) is 0 Å². The van der Waals surface area contributed by atoms with Crippen LogP contribution in [0.3, 0.4) is 0 Å². The number of carbonyl (C=O) groups is 3. The van der Waals surface area contributed by atoms with Crippen molar-refractivity contribution in [2.45, 2.75) is 33.7 Å². The maximum absolute atomic E-state index is 12.8. The van der Waals surface area contributed by atoms with E-state index in [1.165, 1.54) is 6.92 Å². The molecule has 1 atom stereocenters. The number of amides is 2.